The van der Waals surface area contributed by atoms with Crippen molar-refractivity contribution < 1.29 is 63.7 Å². The number of hydrogen-bond acceptors (Lipinski definition) is 14. The molecule has 294 valence electrons. The van der Waals surface area contributed by atoms with Gasteiger partial charge in [0.15, 0.2) is 5.75 Å². The van der Waals surface area contributed by atoms with Crippen LogP contribution in [0.1, 0.15) is 70.0 Å². The summed E-state index contributed by atoms with van der Waals surface area (Å²) in [5.41, 5.74) is -0.636. The van der Waals surface area contributed by atoms with Crippen LogP contribution >= 0.6 is 0 Å². The Bertz CT molecular complexity index is 1920. The van der Waals surface area contributed by atoms with Crippen LogP contribution in [0.15, 0.2) is 41.3 Å². The number of ketones is 1. The molecule has 6 N–H and O–H groups in total. The van der Waals surface area contributed by atoms with E-state index < -0.39 is 88.8 Å². The van der Waals surface area contributed by atoms with Gasteiger partial charge in [0.25, 0.3) is 11.7 Å². The van der Waals surface area contributed by atoms with Crippen molar-refractivity contribution in [2.24, 2.45) is 28.8 Å². The molecule has 0 spiro atoms. The normalized spacial score (nSPS) is 31.7. The van der Waals surface area contributed by atoms with Crippen LogP contribution in [0, 0.1) is 30.6 Å². The van der Waals surface area contributed by atoms with Crippen LogP contribution in [0.4, 0.5) is 5.69 Å². The second kappa shape index (κ2) is 16.5. The Labute approximate surface area is 313 Å². The molecule has 15 nitrogen and oxygen atoms in total. The minimum Gasteiger partial charge on any atom is -0.507 e. The molecular formula is C39H50N2O13. The molecule has 5 bridgehead atoms. The maximum absolute atomic E-state index is 14.2. The number of allylic oxidation sites excluding steroid dienone is 2. The van der Waals surface area contributed by atoms with Gasteiger partial charge in [-0.15, -0.1) is 0 Å². The summed E-state index contributed by atoms with van der Waals surface area (Å²) in [6.07, 6.45) is 4.44. The number of aliphatic hydroxyl groups is 2. The summed E-state index contributed by atoms with van der Waals surface area (Å²) in [5.74, 6) is -8.63. The van der Waals surface area contributed by atoms with Gasteiger partial charge >= 0.3 is 11.8 Å². The fourth-order valence-electron chi connectivity index (χ4n) is 6.98. The predicted molar refractivity (Wildman–Crippen MR) is 198 cm³/mol. The Hall–Kier alpha value is -5.12. The molecule has 0 saturated carbocycles. The number of methoxy groups -OCH3 is 1. The summed E-state index contributed by atoms with van der Waals surface area (Å²) in [6, 6.07) is 0. The van der Waals surface area contributed by atoms with E-state index >= 15 is 0 Å². The maximum atomic E-state index is 14.2. The summed E-state index contributed by atoms with van der Waals surface area (Å²) >= 11 is 0. The molecule has 0 saturated heterocycles. The van der Waals surface area contributed by atoms with Gasteiger partial charge in [-0.25, -0.2) is 0 Å². The van der Waals surface area contributed by atoms with E-state index in [1.54, 1.807) is 39.8 Å². The van der Waals surface area contributed by atoms with E-state index in [1.807, 2.05) is 0 Å². The molecule has 15 heteroatoms. The number of ether oxygens (including phenoxy) is 4. The topological polar surface area (TPSA) is 223 Å². The average molecular weight is 755 g/mol. The molecule has 0 fully saturated rings. The summed E-state index contributed by atoms with van der Waals surface area (Å²) in [7, 11) is 2.66. The molecule has 3 heterocycles. The molecule has 54 heavy (non-hydrogen) atoms. The highest BCUT2D eigenvalue weighted by Crippen LogP contribution is 2.55. The SMILES string of the molecule is CO/N=C\c1c2c(O)c3c(O)c(C)c4c(c3c1O)C(=O)[C@@](C)(O/C=C/[C@H](OC)[C@@H](C)[C@@H](OC(C)=O)[C@H](C)[C@H](O)[C@H](C)[C@@H](O)[C@H](C)/C=C/C=C(/C)C(=O)N2)O4. The number of rotatable bonds is 4. The lowest BCUT2D eigenvalue weighted by atomic mass is 9.78. The second-order valence-corrected chi connectivity index (χ2v) is 14.0. The largest absolute Gasteiger partial charge is 0.507 e. The quantitative estimate of drug-likeness (QED) is 0.0818. The van der Waals surface area contributed by atoms with Crippen molar-refractivity contribution in [2.45, 2.75) is 85.6 Å². The molecular weight excluding hydrogens is 704 g/mol. The van der Waals surface area contributed by atoms with Crippen LogP contribution in [-0.2, 0) is 28.6 Å². The standard InChI is InChI=1S/C39H50N2O13/c1-17-12-11-13-18(2)38(49)41-29-24(16-40-51-10)33(46)26-27(34(29)47)32(45)22(6)36-28(26)37(48)39(8,54-36)52-15-14-25(50-9)19(3)35(53-23(7)42)21(5)31(44)20(4)30(17)43/h11-17,19-21,25,30-31,35,43-47H,1-10H3,(H,41,49)/b12-11+,15-14+,18-13-,40-16-/t17-,19-,20-,21-,25+,30+,31-,35-,39+/m1/s1. The van der Waals surface area contributed by atoms with Crippen LogP contribution in [0.3, 0.4) is 0 Å². The highest BCUT2D eigenvalue weighted by Gasteiger charge is 2.50. The van der Waals surface area contributed by atoms with Crippen molar-refractivity contribution in [3.8, 4) is 23.0 Å². The number of phenolic OH excluding ortho intramolecular Hbond substituents is 3. The summed E-state index contributed by atoms with van der Waals surface area (Å²) in [5, 5.41) is 63.0. The number of hydrogen-bond donors (Lipinski definition) is 6. The Balaban J connectivity index is 1.96. The first-order valence-corrected chi connectivity index (χ1v) is 17.5. The lowest BCUT2D eigenvalue weighted by Crippen LogP contribution is -2.46. The Kier molecular flexibility index (Phi) is 12.7. The molecule has 0 aromatic heterocycles. The molecule has 9 atom stereocenters. The molecule has 1 amide bonds. The molecule has 2 aromatic rings. The zero-order valence-electron chi connectivity index (χ0n) is 32.0. The zero-order chi connectivity index (χ0) is 40.4. The van der Waals surface area contributed by atoms with Crippen molar-refractivity contribution in [1.29, 1.82) is 0 Å². The minimum atomic E-state index is -2.05. The molecule has 3 aliphatic heterocycles. The van der Waals surface area contributed by atoms with E-state index in [4.69, 9.17) is 23.8 Å². The van der Waals surface area contributed by atoms with E-state index in [9.17, 15) is 39.9 Å². The van der Waals surface area contributed by atoms with Crippen molar-refractivity contribution >= 4 is 40.3 Å². The monoisotopic (exact) mass is 754 g/mol. The van der Waals surface area contributed by atoms with E-state index in [1.165, 1.54) is 60.3 Å². The Morgan fingerprint density at radius 1 is 0.944 bits per heavy atom. The first-order valence-electron chi connectivity index (χ1n) is 17.5. The first kappa shape index (κ1) is 41.6. The Morgan fingerprint density at radius 2 is 1.61 bits per heavy atom. The summed E-state index contributed by atoms with van der Waals surface area (Å²) in [6.45, 7) is 12.4. The lowest BCUT2D eigenvalue weighted by Gasteiger charge is -2.38. The Morgan fingerprint density at radius 3 is 2.22 bits per heavy atom. The first-order chi connectivity index (χ1) is 25.3. The molecule has 0 radical (unpaired) electrons. The molecule has 0 aliphatic carbocycles. The van der Waals surface area contributed by atoms with Gasteiger partial charge in [-0.05, 0) is 19.9 Å². The third-order valence-electron chi connectivity index (χ3n) is 10.3. The van der Waals surface area contributed by atoms with Gasteiger partial charge in [-0.1, -0.05) is 51.1 Å². The van der Waals surface area contributed by atoms with Crippen molar-refractivity contribution in [3.05, 3.63) is 52.8 Å². The number of nitrogens with zero attached hydrogens (tertiary/aromatic N) is 1. The highest BCUT2D eigenvalue weighted by molar-refractivity contribution is 6.23. The maximum Gasteiger partial charge on any atom is 0.312 e. The number of phenols is 3. The van der Waals surface area contributed by atoms with Gasteiger partial charge in [0.2, 0.25) is 0 Å². The summed E-state index contributed by atoms with van der Waals surface area (Å²) in [4.78, 5) is 44.7. The number of fused-ring (bicyclic) bond motifs is 14. The molecule has 0 unspecified atom stereocenters. The fraction of sp³-hybridized carbons (Fsp3) is 0.487. The number of amides is 1. The molecule has 2 aromatic carbocycles. The van der Waals surface area contributed by atoms with E-state index in [2.05, 4.69) is 10.5 Å². The number of oxime groups is 1. The van der Waals surface area contributed by atoms with Gasteiger partial charge in [0, 0.05) is 61.2 Å². The summed E-state index contributed by atoms with van der Waals surface area (Å²) < 4.78 is 23.3. The predicted octanol–water partition coefficient (Wildman–Crippen LogP) is 4.73. The number of aromatic hydroxyl groups is 3. The molecule has 5 rings (SSSR count). The third-order valence-corrected chi connectivity index (χ3v) is 10.3. The number of anilines is 1. The number of carbonyl (C=O) groups excluding carboxylic acids is 3. The van der Waals surface area contributed by atoms with Gasteiger partial charge in [-0.2, -0.15) is 0 Å². The van der Waals surface area contributed by atoms with E-state index in [-0.39, 0.29) is 44.5 Å². The number of carbonyl (C=O) groups is 3. The average Bonchev–Trinajstić information content (AvgIpc) is 3.39. The van der Waals surface area contributed by atoms with Crippen LogP contribution in [0.5, 0.6) is 23.0 Å². The molecule has 3 aliphatic rings. The number of Topliss-reactive ketones (excluding diaryl/α,β-unsaturated/α-hetero) is 1. The third kappa shape index (κ3) is 7.74. The minimum absolute atomic E-state index is 0.0323. The number of benzene rings is 2. The van der Waals surface area contributed by atoms with Crippen molar-refractivity contribution in [1.82, 2.24) is 0 Å². The number of esters is 1. The lowest BCUT2D eigenvalue weighted by molar-refractivity contribution is -0.160. The highest BCUT2D eigenvalue weighted by atomic mass is 16.7. The van der Waals surface area contributed by atoms with Crippen LogP contribution in [-0.4, -0.2) is 93.8 Å². The van der Waals surface area contributed by atoms with Crippen molar-refractivity contribution in [3.63, 3.8) is 0 Å². The van der Waals surface area contributed by atoms with Crippen LogP contribution in [0.25, 0.3) is 10.8 Å². The van der Waals surface area contributed by atoms with E-state index in [0.717, 1.165) is 6.21 Å². The number of nitrogens with one attached hydrogen (secondary N) is 1. The van der Waals surface area contributed by atoms with Crippen LogP contribution in [0.2, 0.25) is 0 Å². The van der Waals surface area contributed by atoms with Gasteiger partial charge in [0.1, 0.15) is 30.5 Å². The zero-order valence-corrected chi connectivity index (χ0v) is 32.0. The van der Waals surface area contributed by atoms with Gasteiger partial charge in [-0.3, -0.25) is 14.4 Å². The van der Waals surface area contributed by atoms with Gasteiger partial charge < -0.3 is 54.6 Å². The van der Waals surface area contributed by atoms with Crippen LogP contribution < -0.4 is 10.1 Å². The van der Waals surface area contributed by atoms with E-state index in [0.29, 0.717) is 0 Å². The fourth-order valence-corrected chi connectivity index (χ4v) is 6.98. The number of aliphatic hydroxyl groups excluding tert-OH is 2. The smallest absolute Gasteiger partial charge is 0.312 e. The van der Waals surface area contributed by atoms with Gasteiger partial charge in [0.05, 0.1) is 53.0 Å². The van der Waals surface area contributed by atoms with Crippen molar-refractivity contribution in [2.75, 3.05) is 19.5 Å². The second-order valence-electron chi connectivity index (χ2n) is 14.0.